The van der Waals surface area contributed by atoms with E-state index in [9.17, 15) is 43.2 Å². The first-order valence-electron chi connectivity index (χ1n) is 41.1. The second-order valence-corrected chi connectivity index (χ2v) is 28.5. The van der Waals surface area contributed by atoms with E-state index in [1.54, 1.807) is 0 Å². The summed E-state index contributed by atoms with van der Waals surface area (Å²) >= 11 is 0. The van der Waals surface area contributed by atoms with Crippen molar-refractivity contribution in [3.05, 3.63) is 141 Å². The van der Waals surface area contributed by atoms with Gasteiger partial charge < -0.3 is 109 Å². The number of amides is 8. The molecule has 0 saturated carbocycles. The van der Waals surface area contributed by atoms with Gasteiger partial charge in [-0.2, -0.15) is 0 Å². The Morgan fingerprint density at radius 1 is 0.233 bits per heavy atom. The Hall–Kier alpha value is -9.07. The van der Waals surface area contributed by atoms with E-state index < -0.39 is 0 Å². The highest BCUT2D eigenvalue weighted by Gasteiger charge is 2.20. The summed E-state index contributed by atoms with van der Waals surface area (Å²) in [5, 5.41) is 22.5. The molecule has 0 bridgehead atoms. The van der Waals surface area contributed by atoms with Crippen LogP contribution in [0.1, 0.15) is 121 Å². The zero-order valence-electron chi connectivity index (χ0n) is 68.5. The number of benzene rings is 4. The van der Waals surface area contributed by atoms with Crippen molar-refractivity contribution in [2.75, 3.05) is 203 Å². The summed E-state index contributed by atoms with van der Waals surface area (Å²) in [5.41, 5.74) is 59.8. The fourth-order valence-electron chi connectivity index (χ4n) is 12.3. The molecule has 8 amide bonds. The minimum atomic E-state index is -0.187. The lowest BCUT2D eigenvalue weighted by atomic mass is 10.0. The zero-order chi connectivity index (χ0) is 84.2. The molecule has 0 heterocycles. The van der Waals surface area contributed by atoms with E-state index in [1.165, 1.54) is 0 Å². The molecule has 0 spiro atoms. The van der Waals surface area contributed by atoms with Crippen LogP contribution in [0.3, 0.4) is 0 Å². The lowest BCUT2D eigenvalue weighted by Crippen LogP contribution is -2.41. The van der Waals surface area contributed by atoms with Crippen LogP contribution in [0.15, 0.2) is 91.0 Å². The Morgan fingerprint density at radius 3 is 0.664 bits per heavy atom. The lowest BCUT2D eigenvalue weighted by Gasteiger charge is -2.28. The van der Waals surface area contributed by atoms with Gasteiger partial charge in [-0.05, 0) is 81.2 Å². The molecule has 0 fully saturated rings. The SMILES string of the molecule is NCCCC(=O)CCN(CCN(CCC(=O)NCCN)CCC(=O)NCCN)Cc1ccc(/C=C/c2cc(/C=C/c3ccc(CN(CCC(=O)NCCN)CCN(CCC(=O)NCN)CCC(=O)NCCN)cc3)cc(/C=C/c3ccc(CN(CCC(=O)NCCN)CCN(CCC(=O)NCCN)CCC(=O)NCCN)cc3)c2)cc1. The first kappa shape index (κ1) is 99.3. The molecule has 26 N–H and O–H groups in total. The van der Waals surface area contributed by atoms with Gasteiger partial charge in [-0.15, -0.1) is 0 Å². The van der Waals surface area contributed by atoms with Crippen molar-refractivity contribution in [2.24, 2.45) is 51.6 Å². The van der Waals surface area contributed by atoms with E-state index in [1.807, 2.05) is 0 Å². The molecule has 0 atom stereocenters. The van der Waals surface area contributed by atoms with E-state index in [4.69, 9.17) is 51.6 Å². The molecule has 0 saturated heterocycles. The molecule has 4 aromatic carbocycles. The smallest absolute Gasteiger partial charge is 0.222 e. The summed E-state index contributed by atoms with van der Waals surface area (Å²) in [6, 6.07) is 31.3. The monoisotopic (exact) mass is 1610 g/mol. The first-order valence-corrected chi connectivity index (χ1v) is 41.1. The summed E-state index contributed by atoms with van der Waals surface area (Å²) in [7, 11) is 0. The predicted octanol–water partition coefficient (Wildman–Crippen LogP) is -1.11. The predicted molar refractivity (Wildman–Crippen MR) is 464 cm³/mol. The van der Waals surface area contributed by atoms with Crippen molar-refractivity contribution in [2.45, 2.75) is 90.3 Å². The number of rotatable bonds is 66. The molecule has 32 nitrogen and oxygen atoms in total. The van der Waals surface area contributed by atoms with E-state index in [0.29, 0.717) is 235 Å². The maximum absolute atomic E-state index is 13.0. The highest BCUT2D eigenvalue weighted by Crippen LogP contribution is 2.22. The van der Waals surface area contributed by atoms with Crippen LogP contribution in [0.5, 0.6) is 0 Å². The quantitative estimate of drug-likeness (QED) is 0.0184. The van der Waals surface area contributed by atoms with Crippen LogP contribution in [0, 0.1) is 0 Å². The largest absolute Gasteiger partial charge is 0.355 e. The van der Waals surface area contributed by atoms with Gasteiger partial charge in [-0.3, -0.25) is 57.9 Å². The Balaban J connectivity index is 1.70. The van der Waals surface area contributed by atoms with Crippen LogP contribution >= 0.6 is 0 Å². The Bertz CT molecular complexity index is 3340. The molecule has 0 aliphatic carbocycles. The third-order valence-electron chi connectivity index (χ3n) is 18.9. The van der Waals surface area contributed by atoms with E-state index >= 15 is 0 Å². The normalized spacial score (nSPS) is 11.6. The van der Waals surface area contributed by atoms with Gasteiger partial charge in [0.15, 0.2) is 0 Å². The molecular formula is C84H137N23O9. The Kier molecular flexibility index (Phi) is 53.2. The maximum atomic E-state index is 13.0. The van der Waals surface area contributed by atoms with Gasteiger partial charge in [0.2, 0.25) is 47.3 Å². The van der Waals surface area contributed by atoms with Crippen molar-refractivity contribution < 1.29 is 43.2 Å². The lowest BCUT2D eigenvalue weighted by molar-refractivity contribution is -0.123. The van der Waals surface area contributed by atoms with Crippen molar-refractivity contribution in [3.63, 3.8) is 0 Å². The minimum Gasteiger partial charge on any atom is -0.355 e. The van der Waals surface area contributed by atoms with Gasteiger partial charge in [0.05, 0.1) is 6.67 Å². The van der Waals surface area contributed by atoms with Gasteiger partial charge in [-0.1, -0.05) is 109 Å². The van der Waals surface area contributed by atoms with Crippen LogP contribution in [-0.4, -0.2) is 285 Å². The highest BCUT2D eigenvalue weighted by atomic mass is 16.2. The Labute approximate surface area is 687 Å². The minimum absolute atomic E-state index is 0.0230. The number of Topliss-reactive ketones (excluding diaryl/α,β-unsaturated/α-hetero) is 1. The number of carbonyl (C=O) groups is 9. The number of ketones is 1. The average molecular weight is 1610 g/mol. The molecule has 4 aromatic rings. The number of hydrogen-bond donors (Lipinski definition) is 17. The zero-order valence-corrected chi connectivity index (χ0v) is 68.5. The summed E-state index contributed by atoms with van der Waals surface area (Å²) in [4.78, 5) is 128. The van der Waals surface area contributed by atoms with Gasteiger partial charge >= 0.3 is 0 Å². The van der Waals surface area contributed by atoms with Crippen LogP contribution in [0.2, 0.25) is 0 Å². The van der Waals surface area contributed by atoms with Crippen LogP contribution < -0.4 is 94.1 Å². The molecular weight excluding hydrogens is 1480 g/mol. The first-order chi connectivity index (χ1) is 56.3. The summed E-state index contributed by atoms with van der Waals surface area (Å²) in [5.74, 6) is -0.875. The Morgan fingerprint density at radius 2 is 0.440 bits per heavy atom. The fourth-order valence-corrected chi connectivity index (χ4v) is 12.3. The fraction of sp³-hybridized carbons (Fsp3) is 0.536. The molecule has 116 heavy (non-hydrogen) atoms. The van der Waals surface area contributed by atoms with Crippen molar-refractivity contribution in [1.82, 2.24) is 71.9 Å². The second kappa shape index (κ2) is 62.2. The average Bonchev–Trinajstić information content (AvgIpc) is 0.849. The molecule has 0 aromatic heterocycles. The topological polar surface area (TPSA) is 503 Å². The molecule has 0 radical (unpaired) electrons. The number of hydrogen-bond acceptors (Lipinski definition) is 24. The standard InChI is InChI=1S/C84H137N23O9/c85-30-1-2-76(108)21-45-105(57-54-102(46-22-77(109)94-38-31-86)47-23-78(110)95-39-32-87)63-70-12-3-67(4-13-70)9-18-73-60-74(19-10-68-5-14-71(15-6-68)64-106(52-28-82(114)99-43-36-91)58-55-103(48-24-79(111)96-40-33-88)49-25-80(112)97-41-34-89)62-75(61-73)20-11-69-7-16-72(17-8-69)65-107(53-29-83(115)100-44-37-92)59-56-104(51-27-84(116)101-66-93)50-26-81(113)98-42-35-90/h3-20,60-62H,1-2,21-59,63-66,85-93H2,(H,94,109)(H,95,110)(H,96,111)(H,97,112)(H,98,113)(H,99,114)(H,100,115)(H,101,116)/b18-9+,19-10+,20-11+. The number of nitrogens with zero attached hydrogens (tertiary/aromatic N) is 6. The number of nitrogens with two attached hydrogens (primary N) is 9. The van der Waals surface area contributed by atoms with Crippen molar-refractivity contribution >= 4 is 89.5 Å². The van der Waals surface area contributed by atoms with Crippen LogP contribution in [-0.2, 0) is 62.8 Å². The van der Waals surface area contributed by atoms with E-state index in [0.717, 1.165) is 50.1 Å². The van der Waals surface area contributed by atoms with E-state index in [2.05, 4.69) is 199 Å². The van der Waals surface area contributed by atoms with Gasteiger partial charge in [0, 0.05) is 274 Å². The molecule has 0 aliphatic rings. The highest BCUT2D eigenvalue weighted by molar-refractivity contribution is 5.82. The molecule has 4 rings (SSSR count). The third kappa shape index (κ3) is 47.2. The molecule has 0 unspecified atom stereocenters. The summed E-state index contributed by atoms with van der Waals surface area (Å²) < 4.78 is 0. The second-order valence-electron chi connectivity index (χ2n) is 28.5. The van der Waals surface area contributed by atoms with Gasteiger partial charge in [0.25, 0.3) is 0 Å². The summed E-state index contributed by atoms with van der Waals surface area (Å²) in [6.07, 6.45) is 15.8. The molecule has 0 aliphatic heterocycles. The third-order valence-corrected chi connectivity index (χ3v) is 18.9. The molecule has 642 valence electrons. The number of carbonyl (C=O) groups excluding carboxylic acids is 9. The maximum Gasteiger partial charge on any atom is 0.222 e. The van der Waals surface area contributed by atoms with Crippen molar-refractivity contribution in [3.8, 4) is 0 Å². The number of nitrogens with one attached hydrogen (secondary N) is 8. The summed E-state index contributed by atoms with van der Waals surface area (Å²) in [6.45, 7) is 14.3. The van der Waals surface area contributed by atoms with Crippen LogP contribution in [0.25, 0.3) is 36.5 Å². The van der Waals surface area contributed by atoms with Gasteiger partial charge in [0.1, 0.15) is 5.78 Å². The van der Waals surface area contributed by atoms with Crippen molar-refractivity contribution in [1.29, 1.82) is 0 Å². The van der Waals surface area contributed by atoms with Crippen LogP contribution in [0.4, 0.5) is 0 Å². The van der Waals surface area contributed by atoms with E-state index in [-0.39, 0.29) is 111 Å². The molecule has 32 heteroatoms. The van der Waals surface area contributed by atoms with Gasteiger partial charge in [-0.25, -0.2) is 0 Å².